The molecule has 0 bridgehead atoms. The SMILES string of the molecule is CC(Cc1ccsc1)NCC(=O)Nc1c(F)cccc1F. The summed E-state index contributed by atoms with van der Waals surface area (Å²) in [4.78, 5) is 11.7. The number of para-hydroxylation sites is 1. The van der Waals surface area contributed by atoms with Gasteiger partial charge in [0, 0.05) is 6.04 Å². The molecule has 0 spiro atoms. The lowest BCUT2D eigenvalue weighted by Crippen LogP contribution is -2.35. The Morgan fingerprint density at radius 1 is 1.29 bits per heavy atom. The van der Waals surface area contributed by atoms with E-state index < -0.39 is 23.2 Å². The largest absolute Gasteiger partial charge is 0.320 e. The molecule has 21 heavy (non-hydrogen) atoms. The Balaban J connectivity index is 1.82. The first-order valence-electron chi connectivity index (χ1n) is 6.54. The number of benzene rings is 1. The molecule has 0 aliphatic rings. The smallest absolute Gasteiger partial charge is 0.238 e. The van der Waals surface area contributed by atoms with Gasteiger partial charge in [-0.1, -0.05) is 6.07 Å². The van der Waals surface area contributed by atoms with Gasteiger partial charge in [0.2, 0.25) is 5.91 Å². The second-order valence-corrected chi connectivity index (χ2v) is 5.54. The Bertz CT molecular complexity index is 581. The first-order chi connectivity index (χ1) is 10.1. The van der Waals surface area contributed by atoms with E-state index in [0.29, 0.717) is 0 Å². The van der Waals surface area contributed by atoms with Crippen LogP contribution in [0.15, 0.2) is 35.0 Å². The molecule has 2 rings (SSSR count). The number of hydrogen-bond acceptors (Lipinski definition) is 3. The average Bonchev–Trinajstić information content (AvgIpc) is 2.94. The minimum Gasteiger partial charge on any atom is -0.320 e. The second kappa shape index (κ2) is 7.28. The summed E-state index contributed by atoms with van der Waals surface area (Å²) in [5, 5.41) is 9.32. The van der Waals surface area contributed by atoms with E-state index in [-0.39, 0.29) is 12.6 Å². The summed E-state index contributed by atoms with van der Waals surface area (Å²) in [5.74, 6) is -2.04. The number of anilines is 1. The Hall–Kier alpha value is -1.79. The van der Waals surface area contributed by atoms with E-state index in [1.54, 1.807) is 11.3 Å². The third kappa shape index (κ3) is 4.61. The van der Waals surface area contributed by atoms with Crippen molar-refractivity contribution in [1.82, 2.24) is 5.32 Å². The van der Waals surface area contributed by atoms with Crippen LogP contribution in [0.5, 0.6) is 0 Å². The Morgan fingerprint density at radius 2 is 2.00 bits per heavy atom. The summed E-state index contributed by atoms with van der Waals surface area (Å²) in [6.07, 6.45) is 0.796. The van der Waals surface area contributed by atoms with Gasteiger partial charge in [-0.05, 0) is 47.9 Å². The molecule has 2 aromatic rings. The van der Waals surface area contributed by atoms with Crippen LogP contribution in [0.4, 0.5) is 14.5 Å². The van der Waals surface area contributed by atoms with E-state index in [2.05, 4.69) is 10.6 Å². The summed E-state index contributed by atoms with van der Waals surface area (Å²) in [5.41, 5.74) is 0.787. The third-order valence-corrected chi connectivity index (χ3v) is 3.69. The number of carbonyl (C=O) groups is 1. The summed E-state index contributed by atoms with van der Waals surface area (Å²) < 4.78 is 26.8. The third-order valence-electron chi connectivity index (χ3n) is 2.96. The molecule has 1 aromatic carbocycles. The monoisotopic (exact) mass is 310 g/mol. The number of nitrogens with one attached hydrogen (secondary N) is 2. The van der Waals surface area contributed by atoms with Gasteiger partial charge in [0.1, 0.15) is 17.3 Å². The molecule has 6 heteroatoms. The Kier molecular flexibility index (Phi) is 5.41. The topological polar surface area (TPSA) is 41.1 Å². The Morgan fingerprint density at radius 3 is 2.62 bits per heavy atom. The number of thiophene rings is 1. The molecule has 1 aromatic heterocycles. The van der Waals surface area contributed by atoms with Gasteiger partial charge < -0.3 is 10.6 Å². The highest BCUT2D eigenvalue weighted by Gasteiger charge is 2.12. The van der Waals surface area contributed by atoms with E-state index in [1.165, 1.54) is 11.6 Å². The van der Waals surface area contributed by atoms with Crippen molar-refractivity contribution in [2.45, 2.75) is 19.4 Å². The van der Waals surface area contributed by atoms with Crippen LogP contribution < -0.4 is 10.6 Å². The highest BCUT2D eigenvalue weighted by molar-refractivity contribution is 7.07. The maximum absolute atomic E-state index is 13.4. The summed E-state index contributed by atoms with van der Waals surface area (Å²) in [6, 6.07) is 5.58. The van der Waals surface area contributed by atoms with Crippen LogP contribution in [-0.2, 0) is 11.2 Å². The molecule has 1 heterocycles. The van der Waals surface area contributed by atoms with Crippen molar-refractivity contribution in [3.63, 3.8) is 0 Å². The molecule has 112 valence electrons. The van der Waals surface area contributed by atoms with Gasteiger partial charge in [0.15, 0.2) is 0 Å². The van der Waals surface area contributed by atoms with E-state index in [4.69, 9.17) is 0 Å². The van der Waals surface area contributed by atoms with Crippen LogP contribution in [0.2, 0.25) is 0 Å². The second-order valence-electron chi connectivity index (χ2n) is 4.76. The van der Waals surface area contributed by atoms with Gasteiger partial charge in [0.25, 0.3) is 0 Å². The van der Waals surface area contributed by atoms with Crippen molar-refractivity contribution in [3.8, 4) is 0 Å². The van der Waals surface area contributed by atoms with Crippen molar-refractivity contribution >= 4 is 22.9 Å². The standard InChI is InChI=1S/C15H16F2N2OS/c1-10(7-11-5-6-21-9-11)18-8-14(20)19-15-12(16)3-2-4-13(15)17/h2-6,9-10,18H,7-8H2,1H3,(H,19,20). The number of rotatable bonds is 6. The van der Waals surface area contributed by atoms with Crippen LogP contribution in [0, 0.1) is 11.6 Å². The molecule has 0 saturated carbocycles. The first kappa shape index (κ1) is 15.6. The predicted molar refractivity (Wildman–Crippen MR) is 80.5 cm³/mol. The van der Waals surface area contributed by atoms with E-state index >= 15 is 0 Å². The number of halogens is 2. The highest BCUT2D eigenvalue weighted by Crippen LogP contribution is 2.17. The van der Waals surface area contributed by atoms with E-state index in [9.17, 15) is 13.6 Å². The van der Waals surface area contributed by atoms with Crippen molar-refractivity contribution in [2.24, 2.45) is 0 Å². The molecule has 2 N–H and O–H groups in total. The zero-order chi connectivity index (χ0) is 15.2. The molecule has 3 nitrogen and oxygen atoms in total. The highest BCUT2D eigenvalue weighted by atomic mass is 32.1. The van der Waals surface area contributed by atoms with Crippen molar-refractivity contribution in [2.75, 3.05) is 11.9 Å². The molecular formula is C15H16F2N2OS. The lowest BCUT2D eigenvalue weighted by Gasteiger charge is -2.13. The zero-order valence-electron chi connectivity index (χ0n) is 11.5. The quantitative estimate of drug-likeness (QED) is 0.860. The molecule has 0 fully saturated rings. The zero-order valence-corrected chi connectivity index (χ0v) is 12.3. The lowest BCUT2D eigenvalue weighted by atomic mass is 10.1. The predicted octanol–water partition coefficient (Wildman–Crippen LogP) is 3.19. The summed E-state index contributed by atoms with van der Waals surface area (Å²) in [6.45, 7) is 1.95. The van der Waals surface area contributed by atoms with Crippen LogP contribution in [0.3, 0.4) is 0 Å². The van der Waals surface area contributed by atoms with E-state index in [0.717, 1.165) is 18.6 Å². The molecule has 1 atom stereocenters. The maximum atomic E-state index is 13.4. The normalized spacial score (nSPS) is 12.1. The van der Waals surface area contributed by atoms with Gasteiger partial charge in [-0.15, -0.1) is 0 Å². The molecular weight excluding hydrogens is 294 g/mol. The maximum Gasteiger partial charge on any atom is 0.238 e. The number of amides is 1. The van der Waals surface area contributed by atoms with Gasteiger partial charge in [-0.2, -0.15) is 11.3 Å². The Labute approximate surface area is 126 Å². The van der Waals surface area contributed by atoms with Gasteiger partial charge in [0.05, 0.1) is 6.54 Å². The van der Waals surface area contributed by atoms with Gasteiger partial charge in [-0.25, -0.2) is 8.78 Å². The molecule has 0 saturated heterocycles. The van der Waals surface area contributed by atoms with Crippen LogP contribution in [0.25, 0.3) is 0 Å². The van der Waals surface area contributed by atoms with Crippen LogP contribution in [0.1, 0.15) is 12.5 Å². The molecule has 1 unspecified atom stereocenters. The minimum absolute atomic E-state index is 0.000915. The molecule has 0 aliphatic heterocycles. The van der Waals surface area contributed by atoms with Gasteiger partial charge >= 0.3 is 0 Å². The van der Waals surface area contributed by atoms with Crippen LogP contribution in [-0.4, -0.2) is 18.5 Å². The fraction of sp³-hybridized carbons (Fsp3) is 0.267. The molecule has 0 aliphatic carbocycles. The lowest BCUT2D eigenvalue weighted by molar-refractivity contribution is -0.115. The van der Waals surface area contributed by atoms with Gasteiger partial charge in [-0.3, -0.25) is 4.79 Å². The van der Waals surface area contributed by atoms with Crippen molar-refractivity contribution in [3.05, 3.63) is 52.2 Å². The van der Waals surface area contributed by atoms with Crippen molar-refractivity contribution < 1.29 is 13.6 Å². The first-order valence-corrected chi connectivity index (χ1v) is 7.49. The number of carbonyl (C=O) groups excluding carboxylic acids is 1. The fourth-order valence-electron chi connectivity index (χ4n) is 1.90. The summed E-state index contributed by atoms with van der Waals surface area (Å²) in [7, 11) is 0. The molecule has 0 radical (unpaired) electrons. The molecule has 1 amide bonds. The van der Waals surface area contributed by atoms with Crippen LogP contribution >= 0.6 is 11.3 Å². The fourth-order valence-corrected chi connectivity index (χ4v) is 2.58. The summed E-state index contributed by atoms with van der Waals surface area (Å²) >= 11 is 1.62. The van der Waals surface area contributed by atoms with Crippen molar-refractivity contribution in [1.29, 1.82) is 0 Å². The minimum atomic E-state index is -0.783. The number of hydrogen-bond donors (Lipinski definition) is 2. The average molecular weight is 310 g/mol. The van der Waals surface area contributed by atoms with E-state index in [1.807, 2.05) is 23.8 Å².